The third-order valence-corrected chi connectivity index (χ3v) is 4.15. The van der Waals surface area contributed by atoms with E-state index in [9.17, 15) is 14.7 Å². The molecule has 0 saturated carbocycles. The number of hydrogen-bond acceptors (Lipinski definition) is 5. The van der Waals surface area contributed by atoms with Gasteiger partial charge in [0, 0.05) is 5.56 Å². The molecule has 0 aromatic heterocycles. The van der Waals surface area contributed by atoms with Crippen LogP contribution in [0.2, 0.25) is 10.0 Å². The van der Waals surface area contributed by atoms with Crippen molar-refractivity contribution >= 4 is 46.4 Å². The van der Waals surface area contributed by atoms with Crippen LogP contribution in [0.1, 0.15) is 12.5 Å². The zero-order valence-corrected chi connectivity index (χ0v) is 15.4. The lowest BCUT2D eigenvalue weighted by atomic mass is 10.1. The van der Waals surface area contributed by atoms with Gasteiger partial charge in [-0.2, -0.15) is 5.10 Å². The molecule has 7 nitrogen and oxygen atoms in total. The quantitative estimate of drug-likeness (QED) is 0.420. The number of benzene rings is 2. The fourth-order valence-corrected chi connectivity index (χ4v) is 2.28. The molecule has 3 N–H and O–H groups in total. The first-order chi connectivity index (χ1) is 12.3. The van der Waals surface area contributed by atoms with Crippen molar-refractivity contribution in [3.05, 3.63) is 52.0 Å². The number of anilines is 1. The molecule has 2 aromatic rings. The average Bonchev–Trinajstić information content (AvgIpc) is 2.63. The maximum Gasteiger partial charge on any atom is 0.329 e. The Morgan fingerprint density at radius 3 is 2.58 bits per heavy atom. The Hall–Kier alpha value is -2.77. The number of hydrogen-bond donors (Lipinski definition) is 3. The van der Waals surface area contributed by atoms with E-state index in [1.54, 1.807) is 31.2 Å². The maximum absolute atomic E-state index is 11.9. The lowest BCUT2D eigenvalue weighted by Gasteiger charge is -2.08. The van der Waals surface area contributed by atoms with Crippen molar-refractivity contribution in [2.75, 3.05) is 12.4 Å². The zero-order chi connectivity index (χ0) is 19.3. The highest BCUT2D eigenvalue weighted by Gasteiger charge is 2.16. The first-order valence-corrected chi connectivity index (χ1v) is 8.06. The topological polar surface area (TPSA) is 100 Å². The van der Waals surface area contributed by atoms with Gasteiger partial charge in [0.05, 0.1) is 28.6 Å². The third-order valence-electron chi connectivity index (χ3n) is 3.33. The molecule has 0 aliphatic rings. The minimum Gasteiger partial charge on any atom is -0.504 e. The van der Waals surface area contributed by atoms with Crippen LogP contribution in [0.4, 0.5) is 5.69 Å². The minimum absolute atomic E-state index is 0.0223. The molecule has 0 aliphatic carbocycles. The Balaban J connectivity index is 2.05. The molecular weight excluding hydrogens is 381 g/mol. The van der Waals surface area contributed by atoms with Crippen LogP contribution in [0.15, 0.2) is 41.5 Å². The summed E-state index contributed by atoms with van der Waals surface area (Å²) in [7, 11) is 1.42. The van der Waals surface area contributed by atoms with Crippen molar-refractivity contribution in [3.63, 3.8) is 0 Å². The van der Waals surface area contributed by atoms with Crippen molar-refractivity contribution < 1.29 is 19.4 Å². The predicted molar refractivity (Wildman–Crippen MR) is 100 cm³/mol. The summed E-state index contributed by atoms with van der Waals surface area (Å²) in [6.45, 7) is 1.62. The monoisotopic (exact) mass is 395 g/mol. The molecule has 0 bridgehead atoms. The highest BCUT2D eigenvalue weighted by atomic mass is 35.5. The molecule has 0 radical (unpaired) electrons. The zero-order valence-electron chi connectivity index (χ0n) is 13.8. The first-order valence-electron chi connectivity index (χ1n) is 7.30. The van der Waals surface area contributed by atoms with E-state index in [1.165, 1.54) is 19.2 Å². The molecule has 136 valence electrons. The van der Waals surface area contributed by atoms with E-state index in [1.807, 2.05) is 0 Å². The summed E-state index contributed by atoms with van der Waals surface area (Å²) >= 11 is 11.8. The van der Waals surface area contributed by atoms with E-state index >= 15 is 0 Å². The summed E-state index contributed by atoms with van der Waals surface area (Å²) in [4.78, 5) is 23.8. The molecule has 0 unspecified atom stereocenters. The lowest BCUT2D eigenvalue weighted by Crippen LogP contribution is -2.33. The molecule has 0 aliphatic heterocycles. The number of ether oxygens (including phenoxy) is 1. The van der Waals surface area contributed by atoms with Gasteiger partial charge in [0.25, 0.3) is 0 Å². The number of methoxy groups -OCH3 is 1. The largest absolute Gasteiger partial charge is 0.504 e. The fraction of sp³-hybridized carbons (Fsp3) is 0.118. The van der Waals surface area contributed by atoms with Crippen LogP contribution in [-0.2, 0) is 9.59 Å². The highest BCUT2D eigenvalue weighted by Crippen LogP contribution is 2.29. The number of nitrogens with zero attached hydrogens (tertiary/aromatic N) is 1. The number of amides is 2. The van der Waals surface area contributed by atoms with Crippen LogP contribution in [0.25, 0.3) is 0 Å². The standard InChI is InChI=1S/C17H15Cl2N3O4/c1-9(10-6-7-13(23)14(8-10)26-2)21-22-17(25)16(24)20-12-5-3-4-11(18)15(12)19/h3-8,23H,1-2H3,(H,20,24)(H,22,25). The van der Waals surface area contributed by atoms with E-state index in [-0.39, 0.29) is 27.2 Å². The summed E-state index contributed by atoms with van der Waals surface area (Å²) in [5.41, 5.74) is 3.36. The van der Waals surface area contributed by atoms with Gasteiger partial charge in [0.2, 0.25) is 0 Å². The van der Waals surface area contributed by atoms with Crippen LogP contribution >= 0.6 is 23.2 Å². The number of phenolic OH excluding ortho intramolecular Hbond substituents is 1. The van der Waals surface area contributed by atoms with Crippen molar-refractivity contribution in [1.82, 2.24) is 5.43 Å². The first kappa shape index (κ1) is 19.6. The van der Waals surface area contributed by atoms with Crippen LogP contribution in [0, 0.1) is 0 Å². The predicted octanol–water partition coefficient (Wildman–Crippen LogP) is 3.19. The Labute approximate surface area is 159 Å². The number of carbonyl (C=O) groups excluding carboxylic acids is 2. The van der Waals surface area contributed by atoms with Gasteiger partial charge >= 0.3 is 11.8 Å². The summed E-state index contributed by atoms with van der Waals surface area (Å²) in [5.74, 6) is -1.69. The van der Waals surface area contributed by atoms with E-state index < -0.39 is 11.8 Å². The van der Waals surface area contributed by atoms with Gasteiger partial charge in [-0.1, -0.05) is 29.3 Å². The van der Waals surface area contributed by atoms with E-state index in [2.05, 4.69) is 15.8 Å². The van der Waals surface area contributed by atoms with Gasteiger partial charge in [-0.3, -0.25) is 9.59 Å². The van der Waals surface area contributed by atoms with Crippen LogP contribution < -0.4 is 15.5 Å². The number of nitrogens with one attached hydrogen (secondary N) is 2. The molecule has 0 heterocycles. The van der Waals surface area contributed by atoms with Crippen LogP contribution in [-0.4, -0.2) is 29.7 Å². The smallest absolute Gasteiger partial charge is 0.329 e. The van der Waals surface area contributed by atoms with Crippen LogP contribution in [0.3, 0.4) is 0 Å². The molecule has 2 amide bonds. The molecule has 2 aromatic carbocycles. The molecule has 0 atom stereocenters. The van der Waals surface area contributed by atoms with Crippen molar-refractivity contribution in [1.29, 1.82) is 0 Å². The average molecular weight is 396 g/mol. The number of phenols is 1. The lowest BCUT2D eigenvalue weighted by molar-refractivity contribution is -0.136. The Bertz CT molecular complexity index is 884. The SMILES string of the molecule is COc1cc(C(C)=NNC(=O)C(=O)Nc2cccc(Cl)c2Cl)ccc1O. The number of aromatic hydroxyl groups is 1. The summed E-state index contributed by atoms with van der Waals surface area (Å²) in [6.07, 6.45) is 0. The van der Waals surface area contributed by atoms with Gasteiger partial charge in [-0.15, -0.1) is 0 Å². The summed E-state index contributed by atoms with van der Waals surface area (Å²) < 4.78 is 5.01. The number of rotatable bonds is 4. The van der Waals surface area contributed by atoms with Crippen molar-refractivity contribution in [3.8, 4) is 11.5 Å². The second-order valence-electron chi connectivity index (χ2n) is 5.08. The summed E-state index contributed by atoms with van der Waals surface area (Å²) in [5, 5.41) is 16.2. The number of hydrazone groups is 1. The van der Waals surface area contributed by atoms with E-state index in [4.69, 9.17) is 27.9 Å². The second kappa shape index (κ2) is 8.55. The van der Waals surface area contributed by atoms with Gasteiger partial charge in [0.1, 0.15) is 0 Å². The van der Waals surface area contributed by atoms with Gasteiger partial charge in [-0.25, -0.2) is 5.43 Å². The summed E-state index contributed by atoms with van der Waals surface area (Å²) in [6, 6.07) is 9.22. The fourth-order valence-electron chi connectivity index (χ4n) is 1.93. The molecule has 26 heavy (non-hydrogen) atoms. The van der Waals surface area contributed by atoms with E-state index in [0.29, 0.717) is 11.3 Å². The van der Waals surface area contributed by atoms with Crippen molar-refractivity contribution in [2.45, 2.75) is 6.92 Å². The van der Waals surface area contributed by atoms with Gasteiger partial charge < -0.3 is 15.2 Å². The van der Waals surface area contributed by atoms with Gasteiger partial charge in [0.15, 0.2) is 11.5 Å². The second-order valence-corrected chi connectivity index (χ2v) is 5.87. The number of carbonyl (C=O) groups is 2. The Kier molecular flexibility index (Phi) is 6.43. The molecule has 0 saturated heterocycles. The highest BCUT2D eigenvalue weighted by molar-refractivity contribution is 6.45. The molecule has 9 heteroatoms. The normalized spacial score (nSPS) is 11.0. The molecule has 2 rings (SSSR count). The van der Waals surface area contributed by atoms with Crippen molar-refractivity contribution in [2.24, 2.45) is 5.10 Å². The Morgan fingerprint density at radius 2 is 1.88 bits per heavy atom. The molecular formula is C17H15Cl2N3O4. The molecule has 0 spiro atoms. The third kappa shape index (κ3) is 4.65. The maximum atomic E-state index is 11.9. The minimum atomic E-state index is -0.980. The number of halogens is 2. The molecule has 0 fully saturated rings. The van der Waals surface area contributed by atoms with E-state index in [0.717, 1.165) is 0 Å². The Morgan fingerprint density at radius 1 is 1.15 bits per heavy atom. The van der Waals surface area contributed by atoms with Crippen LogP contribution in [0.5, 0.6) is 11.5 Å². The van der Waals surface area contributed by atoms with Gasteiger partial charge in [-0.05, 0) is 37.3 Å².